The molecule has 128 valence electrons. The highest BCUT2D eigenvalue weighted by Gasteiger charge is 2.19. The zero-order valence-electron chi connectivity index (χ0n) is 14.2. The number of anilines is 1. The van der Waals surface area contributed by atoms with Gasteiger partial charge in [-0.25, -0.2) is 0 Å². The minimum atomic E-state index is -0.657. The van der Waals surface area contributed by atoms with Crippen molar-refractivity contribution < 1.29 is 14.3 Å². The van der Waals surface area contributed by atoms with Crippen LogP contribution in [-0.2, 0) is 16.0 Å². The van der Waals surface area contributed by atoms with Crippen LogP contribution in [0.1, 0.15) is 38.7 Å². The highest BCUT2D eigenvalue weighted by Crippen LogP contribution is 2.28. The second-order valence-electron chi connectivity index (χ2n) is 5.84. The van der Waals surface area contributed by atoms with E-state index in [-0.39, 0.29) is 5.97 Å². The zero-order chi connectivity index (χ0) is 16.7. The van der Waals surface area contributed by atoms with E-state index >= 15 is 0 Å². The molecule has 1 aromatic rings. The average Bonchev–Trinajstić information content (AvgIpc) is 2.57. The summed E-state index contributed by atoms with van der Waals surface area (Å²) in [5.74, 6) is 0.449. The fourth-order valence-corrected chi connectivity index (χ4v) is 2.92. The number of nitrogens with zero attached hydrogens (tertiary/aromatic N) is 1. The van der Waals surface area contributed by atoms with Gasteiger partial charge in [0.25, 0.3) is 0 Å². The van der Waals surface area contributed by atoms with Crippen molar-refractivity contribution in [2.24, 2.45) is 5.73 Å². The molecule has 23 heavy (non-hydrogen) atoms. The third-order valence-electron chi connectivity index (χ3n) is 4.10. The lowest BCUT2D eigenvalue weighted by Gasteiger charge is -2.29. The second-order valence-corrected chi connectivity index (χ2v) is 5.84. The Morgan fingerprint density at radius 2 is 1.96 bits per heavy atom. The van der Waals surface area contributed by atoms with E-state index in [0.717, 1.165) is 24.4 Å². The van der Waals surface area contributed by atoms with Crippen molar-refractivity contribution in [2.45, 2.75) is 45.6 Å². The Labute approximate surface area is 138 Å². The molecule has 1 saturated heterocycles. The first-order valence-corrected chi connectivity index (χ1v) is 8.58. The number of carbonyl (C=O) groups is 1. The lowest BCUT2D eigenvalue weighted by atomic mass is 10.0. The Hall–Kier alpha value is -1.75. The molecule has 0 bridgehead atoms. The molecule has 0 aromatic heterocycles. The molecular weight excluding hydrogens is 292 g/mol. The van der Waals surface area contributed by atoms with E-state index in [1.165, 1.54) is 24.9 Å². The molecule has 1 atom stereocenters. The van der Waals surface area contributed by atoms with Crippen molar-refractivity contribution in [3.63, 3.8) is 0 Å². The van der Waals surface area contributed by atoms with Crippen LogP contribution in [0.3, 0.4) is 0 Å². The molecule has 0 radical (unpaired) electrons. The average molecular weight is 320 g/mol. The summed E-state index contributed by atoms with van der Waals surface area (Å²) < 4.78 is 10.8. The van der Waals surface area contributed by atoms with Crippen LogP contribution in [0.4, 0.5) is 5.69 Å². The SMILES string of the molecule is CCOC(=O)C(N)Cc1ccc(N2CCCCC2)cc1OCC. The van der Waals surface area contributed by atoms with Gasteiger partial charge in [-0.05, 0) is 44.7 Å². The molecule has 1 unspecified atom stereocenters. The first-order valence-electron chi connectivity index (χ1n) is 8.58. The third-order valence-corrected chi connectivity index (χ3v) is 4.10. The number of carbonyl (C=O) groups excluding carboxylic acids is 1. The van der Waals surface area contributed by atoms with Crippen LogP contribution < -0.4 is 15.4 Å². The van der Waals surface area contributed by atoms with Gasteiger partial charge in [-0.15, -0.1) is 0 Å². The fourth-order valence-electron chi connectivity index (χ4n) is 2.92. The molecule has 1 fully saturated rings. The Kier molecular flexibility index (Phi) is 6.71. The molecule has 2 N–H and O–H groups in total. The summed E-state index contributed by atoms with van der Waals surface area (Å²) in [6.45, 7) is 6.86. The molecule has 0 saturated carbocycles. The molecular formula is C18H28N2O3. The van der Waals surface area contributed by atoms with Gasteiger partial charge in [0.1, 0.15) is 11.8 Å². The molecule has 0 amide bonds. The van der Waals surface area contributed by atoms with Gasteiger partial charge >= 0.3 is 5.97 Å². The van der Waals surface area contributed by atoms with Crippen molar-refractivity contribution in [2.75, 3.05) is 31.2 Å². The predicted molar refractivity (Wildman–Crippen MR) is 92.0 cm³/mol. The summed E-state index contributed by atoms with van der Waals surface area (Å²) in [6, 6.07) is 5.53. The summed E-state index contributed by atoms with van der Waals surface area (Å²) in [4.78, 5) is 14.1. The first kappa shape index (κ1) is 17.6. The minimum absolute atomic E-state index is 0.346. The Bertz CT molecular complexity index is 513. The standard InChI is InChI=1S/C18H28N2O3/c1-3-22-17-13-15(20-10-6-5-7-11-20)9-8-14(17)12-16(19)18(21)23-4-2/h8-9,13,16H,3-7,10-12,19H2,1-2H3. The molecule has 1 aliphatic heterocycles. The summed E-state index contributed by atoms with van der Waals surface area (Å²) in [7, 11) is 0. The van der Waals surface area contributed by atoms with Crippen molar-refractivity contribution in [1.82, 2.24) is 0 Å². The van der Waals surface area contributed by atoms with Gasteiger partial charge in [-0.2, -0.15) is 0 Å². The second kappa shape index (κ2) is 8.77. The molecule has 1 aromatic carbocycles. The van der Waals surface area contributed by atoms with E-state index in [4.69, 9.17) is 15.2 Å². The maximum Gasteiger partial charge on any atom is 0.323 e. The molecule has 1 heterocycles. The summed E-state index contributed by atoms with van der Waals surface area (Å²) in [6.07, 6.45) is 4.20. The van der Waals surface area contributed by atoms with Gasteiger partial charge in [0.15, 0.2) is 0 Å². The Morgan fingerprint density at radius 3 is 2.61 bits per heavy atom. The summed E-state index contributed by atoms with van der Waals surface area (Å²) in [5, 5.41) is 0. The summed E-state index contributed by atoms with van der Waals surface area (Å²) >= 11 is 0. The van der Waals surface area contributed by atoms with E-state index in [2.05, 4.69) is 17.0 Å². The van der Waals surface area contributed by atoms with Gasteiger partial charge in [0.05, 0.1) is 13.2 Å². The third kappa shape index (κ3) is 4.86. The van der Waals surface area contributed by atoms with Crippen molar-refractivity contribution in [1.29, 1.82) is 0 Å². The lowest BCUT2D eigenvalue weighted by Crippen LogP contribution is -2.34. The predicted octanol–water partition coefficient (Wildman–Crippen LogP) is 2.51. The number of ether oxygens (including phenoxy) is 2. The largest absolute Gasteiger partial charge is 0.494 e. The van der Waals surface area contributed by atoms with Crippen LogP contribution in [-0.4, -0.2) is 38.3 Å². The number of nitrogens with two attached hydrogens (primary N) is 1. The monoisotopic (exact) mass is 320 g/mol. The van der Waals surface area contributed by atoms with E-state index < -0.39 is 6.04 Å². The number of rotatable bonds is 7. The van der Waals surface area contributed by atoms with Crippen LogP contribution in [0.15, 0.2) is 18.2 Å². The van der Waals surface area contributed by atoms with Crippen LogP contribution >= 0.6 is 0 Å². The first-order chi connectivity index (χ1) is 11.2. The van der Waals surface area contributed by atoms with E-state index in [0.29, 0.717) is 19.6 Å². The lowest BCUT2D eigenvalue weighted by molar-refractivity contribution is -0.144. The molecule has 2 rings (SSSR count). The number of hydrogen-bond acceptors (Lipinski definition) is 5. The molecule has 5 heteroatoms. The minimum Gasteiger partial charge on any atom is -0.494 e. The molecule has 0 aliphatic carbocycles. The van der Waals surface area contributed by atoms with Crippen LogP contribution in [0.5, 0.6) is 5.75 Å². The number of esters is 1. The molecule has 5 nitrogen and oxygen atoms in total. The topological polar surface area (TPSA) is 64.8 Å². The van der Waals surface area contributed by atoms with Gasteiger partial charge in [-0.1, -0.05) is 6.07 Å². The van der Waals surface area contributed by atoms with Gasteiger partial charge in [0, 0.05) is 31.3 Å². The van der Waals surface area contributed by atoms with Gasteiger partial charge in [-0.3, -0.25) is 4.79 Å². The smallest absolute Gasteiger partial charge is 0.323 e. The van der Waals surface area contributed by atoms with Crippen LogP contribution in [0, 0.1) is 0 Å². The highest BCUT2D eigenvalue weighted by atomic mass is 16.5. The number of hydrogen-bond donors (Lipinski definition) is 1. The van der Waals surface area contributed by atoms with Crippen LogP contribution in [0.25, 0.3) is 0 Å². The molecule has 0 spiro atoms. The van der Waals surface area contributed by atoms with Gasteiger partial charge < -0.3 is 20.1 Å². The zero-order valence-corrected chi connectivity index (χ0v) is 14.2. The van der Waals surface area contributed by atoms with Gasteiger partial charge in [0.2, 0.25) is 0 Å². The quantitative estimate of drug-likeness (QED) is 0.782. The maximum atomic E-state index is 11.7. The van der Waals surface area contributed by atoms with E-state index in [1.807, 2.05) is 13.0 Å². The number of piperidine rings is 1. The Morgan fingerprint density at radius 1 is 1.22 bits per heavy atom. The Balaban J connectivity index is 2.13. The number of benzene rings is 1. The van der Waals surface area contributed by atoms with Crippen molar-refractivity contribution in [3.05, 3.63) is 23.8 Å². The van der Waals surface area contributed by atoms with E-state index in [1.54, 1.807) is 6.92 Å². The van der Waals surface area contributed by atoms with E-state index in [9.17, 15) is 4.79 Å². The summed E-state index contributed by atoms with van der Waals surface area (Å²) in [5.41, 5.74) is 8.07. The van der Waals surface area contributed by atoms with Crippen molar-refractivity contribution >= 4 is 11.7 Å². The normalized spacial score (nSPS) is 16.0. The van der Waals surface area contributed by atoms with Crippen LogP contribution in [0.2, 0.25) is 0 Å². The fraction of sp³-hybridized carbons (Fsp3) is 0.611. The molecule has 1 aliphatic rings. The van der Waals surface area contributed by atoms with Crippen molar-refractivity contribution in [3.8, 4) is 5.75 Å². The highest BCUT2D eigenvalue weighted by molar-refractivity contribution is 5.76. The maximum absolute atomic E-state index is 11.7.